The summed E-state index contributed by atoms with van der Waals surface area (Å²) in [6.07, 6.45) is 3.06. The molecule has 4 heterocycles. The molecule has 166 valence electrons. The molecule has 5 nitrogen and oxygen atoms in total. The van der Waals surface area contributed by atoms with E-state index in [4.69, 9.17) is 16.6 Å². The van der Waals surface area contributed by atoms with E-state index in [0.29, 0.717) is 32.9 Å². The fourth-order valence-electron chi connectivity index (χ4n) is 4.08. The summed E-state index contributed by atoms with van der Waals surface area (Å²) in [6, 6.07) is 13.6. The SMILES string of the molecule is Cc1csc(-c2cc(=O)n(C)c3ccc([C@](F)(c4ccc(Cl)cc4)c4cncn4C)nc23)c1. The standard InChI is InChI=1S/C25H20ClFN4OS/c1-15-10-20(33-13-15)18-11-23(32)31(3)19-8-9-21(29-24(18)19)25(27,22-12-28-14-30(22)2)16-4-6-17(26)7-5-16/h4-14H,1-3H3/t25-/m1/s1. The van der Waals surface area contributed by atoms with Gasteiger partial charge in [0, 0.05) is 41.2 Å². The minimum absolute atomic E-state index is 0.144. The van der Waals surface area contributed by atoms with Gasteiger partial charge in [0.1, 0.15) is 0 Å². The van der Waals surface area contributed by atoms with Crippen LogP contribution in [0.1, 0.15) is 22.5 Å². The molecule has 0 aliphatic carbocycles. The number of nitrogens with zero attached hydrogens (tertiary/aromatic N) is 4. The van der Waals surface area contributed by atoms with Gasteiger partial charge in [-0.1, -0.05) is 23.7 Å². The third-order valence-electron chi connectivity index (χ3n) is 5.85. The first-order chi connectivity index (χ1) is 15.8. The quantitative estimate of drug-likeness (QED) is 0.337. The van der Waals surface area contributed by atoms with Crippen LogP contribution in [0.15, 0.2) is 71.2 Å². The molecule has 0 fully saturated rings. The number of benzene rings is 1. The Morgan fingerprint density at radius 3 is 2.48 bits per heavy atom. The van der Waals surface area contributed by atoms with E-state index in [2.05, 4.69) is 4.98 Å². The summed E-state index contributed by atoms with van der Waals surface area (Å²) in [4.78, 5) is 22.5. The zero-order valence-corrected chi connectivity index (χ0v) is 19.8. The van der Waals surface area contributed by atoms with Gasteiger partial charge in [0.25, 0.3) is 5.56 Å². The molecule has 0 saturated carbocycles. The van der Waals surface area contributed by atoms with Gasteiger partial charge in [-0.2, -0.15) is 0 Å². The number of imidazole rings is 1. The van der Waals surface area contributed by atoms with Gasteiger partial charge >= 0.3 is 0 Å². The Hall–Kier alpha value is -3.29. The number of pyridine rings is 2. The van der Waals surface area contributed by atoms with Crippen molar-refractivity contribution in [1.82, 2.24) is 19.1 Å². The van der Waals surface area contributed by atoms with E-state index in [1.165, 1.54) is 22.1 Å². The van der Waals surface area contributed by atoms with Crippen LogP contribution in [0.2, 0.25) is 5.02 Å². The molecule has 8 heteroatoms. The number of aryl methyl sites for hydroxylation is 3. The topological polar surface area (TPSA) is 52.7 Å². The third kappa shape index (κ3) is 3.48. The van der Waals surface area contributed by atoms with Gasteiger partial charge in [-0.3, -0.25) is 4.79 Å². The number of hydrogen-bond donors (Lipinski definition) is 0. The van der Waals surface area contributed by atoms with Crippen LogP contribution in [-0.2, 0) is 19.8 Å². The molecule has 0 N–H and O–H groups in total. The fourth-order valence-corrected chi connectivity index (χ4v) is 5.12. The third-order valence-corrected chi connectivity index (χ3v) is 7.18. The van der Waals surface area contributed by atoms with Crippen molar-refractivity contribution in [2.75, 3.05) is 0 Å². The van der Waals surface area contributed by atoms with Crippen LogP contribution in [0, 0.1) is 6.92 Å². The van der Waals surface area contributed by atoms with E-state index in [0.717, 1.165) is 10.4 Å². The first-order valence-corrected chi connectivity index (χ1v) is 11.5. The van der Waals surface area contributed by atoms with Crippen molar-refractivity contribution in [3.05, 3.63) is 104 Å². The van der Waals surface area contributed by atoms with Crippen molar-refractivity contribution in [1.29, 1.82) is 0 Å². The first kappa shape index (κ1) is 21.6. The Balaban J connectivity index is 1.83. The second-order valence-electron chi connectivity index (χ2n) is 8.06. The maximum Gasteiger partial charge on any atom is 0.251 e. The van der Waals surface area contributed by atoms with Crippen LogP contribution in [0.4, 0.5) is 4.39 Å². The average molecular weight is 479 g/mol. The van der Waals surface area contributed by atoms with Gasteiger partial charge in [0.05, 0.1) is 34.9 Å². The number of rotatable bonds is 4. The molecule has 0 spiro atoms. The molecule has 5 rings (SSSR count). The molecule has 1 aromatic carbocycles. The summed E-state index contributed by atoms with van der Waals surface area (Å²) in [5.41, 5.74) is 1.69. The molecule has 5 aromatic rings. The Morgan fingerprint density at radius 1 is 1.09 bits per heavy atom. The molecular formula is C25H20ClFN4OS. The molecule has 0 aliphatic rings. The molecule has 1 atom stereocenters. The molecular weight excluding hydrogens is 459 g/mol. The highest BCUT2D eigenvalue weighted by molar-refractivity contribution is 7.13. The van der Waals surface area contributed by atoms with E-state index >= 15 is 4.39 Å². The monoisotopic (exact) mass is 478 g/mol. The van der Waals surface area contributed by atoms with Gasteiger partial charge in [0.15, 0.2) is 0 Å². The van der Waals surface area contributed by atoms with Gasteiger partial charge in [-0.05, 0) is 48.2 Å². The summed E-state index contributed by atoms with van der Waals surface area (Å²) in [5, 5.41) is 2.54. The number of hydrogen-bond acceptors (Lipinski definition) is 4. The van der Waals surface area contributed by atoms with Crippen molar-refractivity contribution in [2.45, 2.75) is 12.6 Å². The van der Waals surface area contributed by atoms with Gasteiger partial charge in [-0.25, -0.2) is 14.4 Å². The number of thiophene rings is 1. The molecule has 0 bridgehead atoms. The second kappa shape index (κ2) is 7.93. The summed E-state index contributed by atoms with van der Waals surface area (Å²) < 4.78 is 20.4. The van der Waals surface area contributed by atoms with Crippen molar-refractivity contribution in [3.63, 3.8) is 0 Å². The molecule has 0 amide bonds. The first-order valence-electron chi connectivity index (χ1n) is 10.3. The van der Waals surface area contributed by atoms with Gasteiger partial charge < -0.3 is 9.13 Å². The normalized spacial score (nSPS) is 13.4. The van der Waals surface area contributed by atoms with Crippen LogP contribution < -0.4 is 5.56 Å². The van der Waals surface area contributed by atoms with Crippen LogP contribution >= 0.6 is 22.9 Å². The lowest BCUT2D eigenvalue weighted by Crippen LogP contribution is -2.28. The summed E-state index contributed by atoms with van der Waals surface area (Å²) in [7, 11) is 3.44. The van der Waals surface area contributed by atoms with E-state index < -0.39 is 5.67 Å². The zero-order valence-electron chi connectivity index (χ0n) is 18.2. The maximum absolute atomic E-state index is 17.2. The van der Waals surface area contributed by atoms with Crippen LogP contribution in [0.25, 0.3) is 21.5 Å². The number of halogens is 2. The zero-order chi connectivity index (χ0) is 23.3. The van der Waals surface area contributed by atoms with Crippen molar-refractivity contribution in [3.8, 4) is 10.4 Å². The molecule has 33 heavy (non-hydrogen) atoms. The Bertz CT molecular complexity index is 1550. The summed E-state index contributed by atoms with van der Waals surface area (Å²) >= 11 is 7.61. The summed E-state index contributed by atoms with van der Waals surface area (Å²) in [5.74, 6) is 0. The highest BCUT2D eigenvalue weighted by Crippen LogP contribution is 2.41. The van der Waals surface area contributed by atoms with E-state index in [-0.39, 0.29) is 11.3 Å². The van der Waals surface area contributed by atoms with Crippen LogP contribution in [0.5, 0.6) is 0 Å². The van der Waals surface area contributed by atoms with E-state index in [1.54, 1.807) is 67.5 Å². The Labute approximate surface area is 198 Å². The maximum atomic E-state index is 17.2. The highest BCUT2D eigenvalue weighted by atomic mass is 35.5. The highest BCUT2D eigenvalue weighted by Gasteiger charge is 2.41. The minimum atomic E-state index is -2.08. The van der Waals surface area contributed by atoms with Gasteiger partial charge in [0.2, 0.25) is 5.67 Å². The second-order valence-corrected chi connectivity index (χ2v) is 9.41. The molecule has 0 saturated heterocycles. The minimum Gasteiger partial charge on any atom is -0.334 e. The average Bonchev–Trinajstić information content (AvgIpc) is 3.44. The Morgan fingerprint density at radius 2 is 1.85 bits per heavy atom. The van der Waals surface area contributed by atoms with E-state index in [9.17, 15) is 4.79 Å². The molecule has 0 aliphatic heterocycles. The Kier molecular flexibility index (Phi) is 5.18. The van der Waals surface area contributed by atoms with Gasteiger partial charge in [-0.15, -0.1) is 11.3 Å². The van der Waals surface area contributed by atoms with Crippen molar-refractivity contribution >= 4 is 34.0 Å². The van der Waals surface area contributed by atoms with Crippen LogP contribution in [0.3, 0.4) is 0 Å². The smallest absolute Gasteiger partial charge is 0.251 e. The number of alkyl halides is 1. The van der Waals surface area contributed by atoms with E-state index in [1.807, 2.05) is 18.4 Å². The lowest BCUT2D eigenvalue weighted by Gasteiger charge is -2.26. The lowest BCUT2D eigenvalue weighted by atomic mass is 9.88. The lowest BCUT2D eigenvalue weighted by molar-refractivity contribution is 0.260. The predicted octanol–water partition coefficient (Wildman–Crippen LogP) is 5.62. The fraction of sp³-hybridized carbons (Fsp3) is 0.160. The van der Waals surface area contributed by atoms with Crippen LogP contribution in [-0.4, -0.2) is 19.1 Å². The summed E-state index contributed by atoms with van der Waals surface area (Å²) in [6.45, 7) is 2.00. The largest absolute Gasteiger partial charge is 0.334 e. The van der Waals surface area contributed by atoms with Crippen molar-refractivity contribution in [2.24, 2.45) is 14.1 Å². The van der Waals surface area contributed by atoms with Crippen molar-refractivity contribution < 1.29 is 4.39 Å². The number of fused-ring (bicyclic) bond motifs is 1. The molecule has 4 aromatic heterocycles. The molecule has 0 radical (unpaired) electrons. The predicted molar refractivity (Wildman–Crippen MR) is 131 cm³/mol. The number of aromatic nitrogens is 4. The molecule has 0 unspecified atom stereocenters.